The molecule has 1 N–H and O–H groups in total. The van der Waals surface area contributed by atoms with Crippen molar-refractivity contribution in [2.45, 2.75) is 20.4 Å². The van der Waals surface area contributed by atoms with Crippen LogP contribution in [0.5, 0.6) is 0 Å². The molecule has 3 heterocycles. The predicted octanol–water partition coefficient (Wildman–Crippen LogP) is 4.00. The van der Waals surface area contributed by atoms with Crippen molar-refractivity contribution in [2.75, 3.05) is 18.5 Å². The van der Waals surface area contributed by atoms with Crippen LogP contribution in [0.1, 0.15) is 24.2 Å². The standard InChI is InChI=1S/C24H22N4O5S/c1-3-28-23(30)22(26-17-13-25-12-15-8-5-6-9-16(15)17)20(21(27-28)18-10-7-11-34-18)24(31)33-14-19(29)32-4-2/h5-13,26H,3-4,14H2,1-2H3. The fraction of sp³-hybridized carbons (Fsp3) is 0.208. The summed E-state index contributed by atoms with van der Waals surface area (Å²) in [6.45, 7) is 3.31. The minimum Gasteiger partial charge on any atom is -0.463 e. The molecule has 0 bridgehead atoms. The fourth-order valence-corrected chi connectivity index (χ4v) is 4.15. The van der Waals surface area contributed by atoms with Gasteiger partial charge in [-0.25, -0.2) is 14.3 Å². The largest absolute Gasteiger partial charge is 0.463 e. The van der Waals surface area contributed by atoms with Crippen LogP contribution in [0.25, 0.3) is 21.3 Å². The Morgan fingerprint density at radius 1 is 1.09 bits per heavy atom. The first-order valence-corrected chi connectivity index (χ1v) is 11.5. The second kappa shape index (κ2) is 10.3. The molecule has 9 nitrogen and oxygen atoms in total. The van der Waals surface area contributed by atoms with Gasteiger partial charge in [-0.05, 0) is 25.3 Å². The first-order valence-electron chi connectivity index (χ1n) is 10.6. The molecule has 0 radical (unpaired) electrons. The first-order chi connectivity index (χ1) is 16.5. The number of carbonyl (C=O) groups excluding carboxylic acids is 2. The zero-order valence-corrected chi connectivity index (χ0v) is 19.4. The van der Waals surface area contributed by atoms with E-state index < -0.39 is 24.1 Å². The third-order valence-electron chi connectivity index (χ3n) is 4.97. The average molecular weight is 479 g/mol. The molecule has 10 heteroatoms. The number of aromatic nitrogens is 3. The Labute approximate surface area is 199 Å². The maximum absolute atomic E-state index is 13.3. The molecule has 0 unspecified atom stereocenters. The average Bonchev–Trinajstić information content (AvgIpc) is 3.39. The van der Waals surface area contributed by atoms with Crippen LogP contribution < -0.4 is 10.9 Å². The molecule has 0 saturated carbocycles. The van der Waals surface area contributed by atoms with Crippen molar-refractivity contribution in [3.8, 4) is 10.6 Å². The van der Waals surface area contributed by atoms with Gasteiger partial charge >= 0.3 is 11.9 Å². The minimum atomic E-state index is -0.861. The van der Waals surface area contributed by atoms with E-state index in [4.69, 9.17) is 9.47 Å². The highest BCUT2D eigenvalue weighted by Gasteiger charge is 2.27. The molecule has 0 amide bonds. The number of rotatable bonds is 8. The van der Waals surface area contributed by atoms with Crippen LogP contribution in [0.2, 0.25) is 0 Å². The summed E-state index contributed by atoms with van der Waals surface area (Å²) in [5.74, 6) is -1.55. The topological polar surface area (TPSA) is 112 Å². The monoisotopic (exact) mass is 478 g/mol. The number of aryl methyl sites for hydroxylation is 1. The van der Waals surface area contributed by atoms with E-state index in [1.807, 2.05) is 35.7 Å². The van der Waals surface area contributed by atoms with Crippen LogP contribution in [-0.2, 0) is 20.8 Å². The molecule has 0 aliphatic rings. The van der Waals surface area contributed by atoms with Crippen molar-refractivity contribution in [2.24, 2.45) is 0 Å². The van der Waals surface area contributed by atoms with Crippen LogP contribution in [-0.4, -0.2) is 39.9 Å². The molecular formula is C24H22N4O5S. The van der Waals surface area contributed by atoms with Crippen molar-refractivity contribution >= 4 is 45.4 Å². The lowest BCUT2D eigenvalue weighted by atomic mass is 10.1. The van der Waals surface area contributed by atoms with Gasteiger partial charge in [0.15, 0.2) is 6.61 Å². The summed E-state index contributed by atoms with van der Waals surface area (Å²) >= 11 is 1.37. The van der Waals surface area contributed by atoms with E-state index in [0.717, 1.165) is 10.8 Å². The molecule has 0 aliphatic carbocycles. The quantitative estimate of drug-likeness (QED) is 0.378. The fourth-order valence-electron chi connectivity index (χ4n) is 3.44. The van der Waals surface area contributed by atoms with Gasteiger partial charge in [0.1, 0.15) is 16.9 Å². The molecule has 4 aromatic rings. The van der Waals surface area contributed by atoms with Gasteiger partial charge in [-0.2, -0.15) is 5.10 Å². The van der Waals surface area contributed by atoms with E-state index in [-0.39, 0.29) is 30.1 Å². The van der Waals surface area contributed by atoms with Gasteiger partial charge in [-0.1, -0.05) is 30.3 Å². The number of hydrogen-bond acceptors (Lipinski definition) is 9. The summed E-state index contributed by atoms with van der Waals surface area (Å²) in [6.07, 6.45) is 3.29. The normalized spacial score (nSPS) is 10.8. The smallest absolute Gasteiger partial charge is 0.344 e. The highest BCUT2D eigenvalue weighted by atomic mass is 32.1. The number of ether oxygens (including phenoxy) is 2. The molecule has 0 aliphatic heterocycles. The van der Waals surface area contributed by atoms with Crippen molar-refractivity contribution in [1.82, 2.24) is 14.8 Å². The highest BCUT2D eigenvalue weighted by molar-refractivity contribution is 7.13. The van der Waals surface area contributed by atoms with E-state index in [9.17, 15) is 14.4 Å². The van der Waals surface area contributed by atoms with Crippen LogP contribution in [0.3, 0.4) is 0 Å². The number of nitrogens with zero attached hydrogens (tertiary/aromatic N) is 3. The molecule has 0 saturated heterocycles. The van der Waals surface area contributed by atoms with Gasteiger partial charge < -0.3 is 14.8 Å². The predicted molar refractivity (Wildman–Crippen MR) is 129 cm³/mol. The Kier molecular flexibility index (Phi) is 6.98. The summed E-state index contributed by atoms with van der Waals surface area (Å²) in [4.78, 5) is 43.3. The number of hydrogen-bond donors (Lipinski definition) is 1. The third-order valence-corrected chi connectivity index (χ3v) is 5.84. The molecule has 0 fully saturated rings. The number of nitrogens with one attached hydrogen (secondary N) is 1. The van der Waals surface area contributed by atoms with Crippen molar-refractivity contribution in [3.05, 3.63) is 70.1 Å². The number of fused-ring (bicyclic) bond motifs is 1. The highest BCUT2D eigenvalue weighted by Crippen LogP contribution is 2.32. The summed E-state index contributed by atoms with van der Waals surface area (Å²) in [5.41, 5.74) is 0.252. The molecule has 4 rings (SSSR count). The van der Waals surface area contributed by atoms with Crippen LogP contribution in [0.15, 0.2) is 59.0 Å². The van der Waals surface area contributed by atoms with Crippen molar-refractivity contribution in [1.29, 1.82) is 0 Å². The lowest BCUT2D eigenvalue weighted by Crippen LogP contribution is -2.29. The molecule has 0 atom stereocenters. The Bertz CT molecular complexity index is 1390. The molecule has 1 aromatic carbocycles. The molecule has 34 heavy (non-hydrogen) atoms. The minimum absolute atomic E-state index is 0.00716. The summed E-state index contributed by atoms with van der Waals surface area (Å²) < 4.78 is 11.3. The van der Waals surface area contributed by atoms with E-state index >= 15 is 0 Å². The van der Waals surface area contributed by atoms with Gasteiger partial charge in [0.05, 0.1) is 23.4 Å². The van der Waals surface area contributed by atoms with Crippen molar-refractivity contribution < 1.29 is 19.1 Å². The van der Waals surface area contributed by atoms with Gasteiger partial charge in [0, 0.05) is 23.5 Å². The van der Waals surface area contributed by atoms with Gasteiger partial charge in [-0.15, -0.1) is 11.3 Å². The Morgan fingerprint density at radius 2 is 1.91 bits per heavy atom. The molecule has 174 valence electrons. The van der Waals surface area contributed by atoms with E-state index in [1.165, 1.54) is 16.0 Å². The number of benzene rings is 1. The van der Waals surface area contributed by atoms with E-state index in [0.29, 0.717) is 10.6 Å². The maximum atomic E-state index is 13.3. The molecular weight excluding hydrogens is 456 g/mol. The summed E-state index contributed by atoms with van der Waals surface area (Å²) in [7, 11) is 0. The second-order valence-corrected chi connectivity index (χ2v) is 8.06. The van der Waals surface area contributed by atoms with E-state index in [1.54, 1.807) is 32.3 Å². The lowest BCUT2D eigenvalue weighted by Gasteiger charge is -2.17. The third kappa shape index (κ3) is 4.67. The number of thiophene rings is 1. The summed E-state index contributed by atoms with van der Waals surface area (Å²) in [5, 5.41) is 11.1. The van der Waals surface area contributed by atoms with Crippen molar-refractivity contribution in [3.63, 3.8) is 0 Å². The SMILES string of the molecule is CCOC(=O)COC(=O)c1c(-c2cccs2)nn(CC)c(=O)c1Nc1cncc2ccccc12. The zero-order chi connectivity index (χ0) is 24.1. The van der Waals surface area contributed by atoms with Crippen LogP contribution in [0, 0.1) is 0 Å². The molecule has 3 aromatic heterocycles. The van der Waals surface area contributed by atoms with Gasteiger partial charge in [0.2, 0.25) is 0 Å². The Hall–Kier alpha value is -4.05. The number of carbonyl (C=O) groups is 2. The first kappa shape index (κ1) is 23.1. The summed E-state index contributed by atoms with van der Waals surface area (Å²) in [6, 6.07) is 11.2. The number of anilines is 2. The second-order valence-electron chi connectivity index (χ2n) is 7.11. The van der Waals surface area contributed by atoms with Crippen LogP contribution in [0.4, 0.5) is 11.4 Å². The lowest BCUT2D eigenvalue weighted by molar-refractivity contribution is -0.146. The van der Waals surface area contributed by atoms with Gasteiger partial charge in [-0.3, -0.25) is 9.78 Å². The maximum Gasteiger partial charge on any atom is 0.344 e. The van der Waals surface area contributed by atoms with E-state index in [2.05, 4.69) is 15.4 Å². The molecule has 0 spiro atoms. The van der Waals surface area contributed by atoms with Crippen LogP contribution >= 0.6 is 11.3 Å². The Balaban J connectivity index is 1.88. The van der Waals surface area contributed by atoms with Gasteiger partial charge in [0.25, 0.3) is 5.56 Å². The Morgan fingerprint density at radius 3 is 2.65 bits per heavy atom. The number of pyridine rings is 1. The zero-order valence-electron chi connectivity index (χ0n) is 18.6. The number of esters is 2.